The number of benzene rings is 1. The van der Waals surface area contributed by atoms with Crippen molar-refractivity contribution in [3.05, 3.63) is 48.3 Å². The van der Waals surface area contributed by atoms with E-state index in [-0.39, 0.29) is 23.7 Å². The molecule has 0 saturated carbocycles. The molecule has 0 aliphatic rings. The summed E-state index contributed by atoms with van der Waals surface area (Å²) in [7, 11) is 1.76. The van der Waals surface area contributed by atoms with Crippen molar-refractivity contribution in [2.45, 2.75) is 39.8 Å². The summed E-state index contributed by atoms with van der Waals surface area (Å²) in [5.74, 6) is -0.226. The van der Waals surface area contributed by atoms with Crippen LogP contribution in [0.2, 0.25) is 0 Å². The number of hydrogen-bond acceptors (Lipinski definition) is 4. The molecular weight excluding hydrogens is 342 g/mol. The predicted molar refractivity (Wildman–Crippen MR) is 104 cm³/mol. The molecule has 3 rings (SSSR count). The van der Waals surface area contributed by atoms with E-state index in [0.29, 0.717) is 11.4 Å². The molecule has 7 nitrogen and oxygen atoms in total. The number of fused-ring (bicyclic) bond motifs is 1. The average Bonchev–Trinajstić information content (AvgIpc) is 3.23. The Morgan fingerprint density at radius 3 is 2.44 bits per heavy atom. The summed E-state index contributed by atoms with van der Waals surface area (Å²) in [4.78, 5) is 34.1. The molecule has 0 aliphatic carbocycles. The third kappa shape index (κ3) is 3.63. The van der Waals surface area contributed by atoms with Crippen LogP contribution in [0.1, 0.15) is 54.7 Å². The second kappa shape index (κ2) is 7.34. The lowest BCUT2D eigenvalue weighted by Crippen LogP contribution is -2.45. The number of nitrogens with one attached hydrogen (secondary N) is 1. The van der Waals surface area contributed by atoms with Gasteiger partial charge in [-0.15, -0.1) is 0 Å². The largest absolute Gasteiger partial charge is 0.341 e. The number of nitrogens with zero attached hydrogens (tertiary/aromatic N) is 4. The van der Waals surface area contributed by atoms with Crippen molar-refractivity contribution in [3.8, 4) is 0 Å². The number of imidazole rings is 2. The molecule has 2 aromatic heterocycles. The molecular formula is C20H25N5O2. The fourth-order valence-corrected chi connectivity index (χ4v) is 3.09. The Kier molecular flexibility index (Phi) is 5.12. The van der Waals surface area contributed by atoms with E-state index in [9.17, 15) is 9.59 Å². The number of ketones is 1. The van der Waals surface area contributed by atoms with Crippen LogP contribution in [0.15, 0.2) is 36.9 Å². The summed E-state index contributed by atoms with van der Waals surface area (Å²) in [5, 5.41) is 2.87. The SMILES string of the molecule is CC(C)C(NC(=O)c1ccc2c(c1)ncn2C(C)C)C(=O)c1nccn1C. The third-order valence-electron chi connectivity index (χ3n) is 4.67. The fourth-order valence-electron chi connectivity index (χ4n) is 3.09. The standard InChI is InChI=1S/C20H25N5O2/c1-12(2)17(18(26)19-21-8-9-24(19)5)23-20(27)14-6-7-16-15(10-14)22-11-25(16)13(3)4/h6-13,17H,1-5H3,(H,23,27). The van der Waals surface area contributed by atoms with E-state index in [1.54, 1.807) is 42.5 Å². The van der Waals surface area contributed by atoms with Gasteiger partial charge in [0.2, 0.25) is 5.78 Å². The van der Waals surface area contributed by atoms with E-state index in [1.807, 2.05) is 19.9 Å². The van der Waals surface area contributed by atoms with E-state index in [4.69, 9.17) is 0 Å². The predicted octanol–water partition coefficient (Wildman–Crippen LogP) is 2.99. The molecule has 0 bridgehead atoms. The maximum atomic E-state index is 12.8. The number of amides is 1. The molecule has 7 heteroatoms. The van der Waals surface area contributed by atoms with Crippen molar-refractivity contribution in [3.63, 3.8) is 0 Å². The molecule has 1 N–H and O–H groups in total. The summed E-state index contributed by atoms with van der Waals surface area (Å²) in [5.41, 5.74) is 2.22. The summed E-state index contributed by atoms with van der Waals surface area (Å²) in [6.45, 7) is 7.97. The average molecular weight is 367 g/mol. The molecule has 1 aromatic carbocycles. The molecule has 3 aromatic rings. The highest BCUT2D eigenvalue weighted by molar-refractivity contribution is 6.03. The molecule has 0 saturated heterocycles. The number of Topliss-reactive ketones (excluding diaryl/α,β-unsaturated/α-hetero) is 1. The molecule has 1 atom stereocenters. The van der Waals surface area contributed by atoms with Crippen LogP contribution in [0, 0.1) is 5.92 Å². The Balaban J connectivity index is 1.85. The van der Waals surface area contributed by atoms with E-state index < -0.39 is 6.04 Å². The van der Waals surface area contributed by atoms with Crippen LogP contribution in [0.25, 0.3) is 11.0 Å². The van der Waals surface area contributed by atoms with E-state index >= 15 is 0 Å². The van der Waals surface area contributed by atoms with Gasteiger partial charge in [-0.1, -0.05) is 13.8 Å². The van der Waals surface area contributed by atoms with Crippen molar-refractivity contribution in [1.82, 2.24) is 24.4 Å². The normalized spacial score (nSPS) is 12.7. The first kappa shape index (κ1) is 18.8. The Morgan fingerprint density at radius 2 is 1.85 bits per heavy atom. The number of hydrogen-bond donors (Lipinski definition) is 1. The Morgan fingerprint density at radius 1 is 1.11 bits per heavy atom. The zero-order valence-corrected chi connectivity index (χ0v) is 16.3. The second-order valence-corrected chi connectivity index (χ2v) is 7.37. The number of aromatic nitrogens is 4. The lowest BCUT2D eigenvalue weighted by Gasteiger charge is -2.21. The lowest BCUT2D eigenvalue weighted by molar-refractivity contribution is 0.0823. The smallest absolute Gasteiger partial charge is 0.251 e. The first-order chi connectivity index (χ1) is 12.8. The van der Waals surface area contributed by atoms with Gasteiger partial charge in [0.15, 0.2) is 5.82 Å². The first-order valence-electron chi connectivity index (χ1n) is 9.08. The number of rotatable bonds is 6. The van der Waals surface area contributed by atoms with Crippen molar-refractivity contribution in [1.29, 1.82) is 0 Å². The van der Waals surface area contributed by atoms with Gasteiger partial charge in [-0.25, -0.2) is 9.97 Å². The van der Waals surface area contributed by atoms with E-state index in [1.165, 1.54) is 0 Å². The topological polar surface area (TPSA) is 81.8 Å². The van der Waals surface area contributed by atoms with Crippen molar-refractivity contribution in [2.24, 2.45) is 13.0 Å². The van der Waals surface area contributed by atoms with Gasteiger partial charge < -0.3 is 14.5 Å². The summed E-state index contributed by atoms with van der Waals surface area (Å²) in [6.07, 6.45) is 5.06. The Labute approximate surface area is 158 Å². The van der Waals surface area contributed by atoms with Gasteiger partial charge >= 0.3 is 0 Å². The molecule has 2 heterocycles. The van der Waals surface area contributed by atoms with Gasteiger partial charge in [0.1, 0.15) is 0 Å². The number of carbonyl (C=O) groups is 2. The minimum Gasteiger partial charge on any atom is -0.341 e. The highest BCUT2D eigenvalue weighted by Gasteiger charge is 2.28. The van der Waals surface area contributed by atoms with Crippen molar-refractivity contribution >= 4 is 22.7 Å². The number of carbonyl (C=O) groups excluding carboxylic acids is 2. The maximum Gasteiger partial charge on any atom is 0.251 e. The van der Waals surface area contributed by atoms with Gasteiger partial charge in [-0.05, 0) is 38.0 Å². The molecule has 1 amide bonds. The van der Waals surface area contributed by atoms with Gasteiger partial charge in [-0.2, -0.15) is 0 Å². The first-order valence-corrected chi connectivity index (χ1v) is 9.08. The van der Waals surface area contributed by atoms with Gasteiger partial charge in [0.25, 0.3) is 5.91 Å². The highest BCUT2D eigenvalue weighted by Crippen LogP contribution is 2.19. The van der Waals surface area contributed by atoms with E-state index in [0.717, 1.165) is 11.0 Å². The quantitative estimate of drug-likeness (QED) is 0.679. The molecule has 0 spiro atoms. The van der Waals surface area contributed by atoms with Crippen LogP contribution < -0.4 is 5.32 Å². The zero-order chi connectivity index (χ0) is 19.7. The van der Waals surface area contributed by atoms with E-state index in [2.05, 4.69) is 33.7 Å². The van der Waals surface area contributed by atoms with Crippen LogP contribution in [0.3, 0.4) is 0 Å². The van der Waals surface area contributed by atoms with Crippen LogP contribution >= 0.6 is 0 Å². The van der Waals surface area contributed by atoms with Crippen LogP contribution in [-0.4, -0.2) is 36.8 Å². The minimum atomic E-state index is -0.650. The second-order valence-electron chi connectivity index (χ2n) is 7.37. The van der Waals surface area contributed by atoms with Crippen LogP contribution in [-0.2, 0) is 7.05 Å². The lowest BCUT2D eigenvalue weighted by atomic mass is 9.98. The fraction of sp³-hybridized carbons (Fsp3) is 0.400. The molecule has 0 fully saturated rings. The zero-order valence-electron chi connectivity index (χ0n) is 16.3. The number of aryl methyl sites for hydroxylation is 1. The van der Waals surface area contributed by atoms with Gasteiger partial charge in [-0.3, -0.25) is 9.59 Å². The molecule has 0 radical (unpaired) electrons. The molecule has 1 unspecified atom stereocenters. The molecule has 27 heavy (non-hydrogen) atoms. The Hall–Kier alpha value is -2.96. The van der Waals surface area contributed by atoms with Crippen LogP contribution in [0.4, 0.5) is 0 Å². The summed E-state index contributed by atoms with van der Waals surface area (Å²) >= 11 is 0. The third-order valence-corrected chi connectivity index (χ3v) is 4.67. The van der Waals surface area contributed by atoms with Gasteiger partial charge in [0.05, 0.1) is 23.4 Å². The summed E-state index contributed by atoms with van der Waals surface area (Å²) < 4.78 is 3.72. The van der Waals surface area contributed by atoms with Crippen molar-refractivity contribution in [2.75, 3.05) is 0 Å². The Bertz CT molecular complexity index is 983. The van der Waals surface area contributed by atoms with Gasteiger partial charge in [0, 0.05) is 31.0 Å². The maximum absolute atomic E-state index is 12.8. The summed E-state index contributed by atoms with van der Waals surface area (Å²) in [6, 6.07) is 5.05. The van der Waals surface area contributed by atoms with Crippen LogP contribution in [0.5, 0.6) is 0 Å². The molecule has 142 valence electrons. The minimum absolute atomic E-state index is 0.0676. The highest BCUT2D eigenvalue weighted by atomic mass is 16.2. The molecule has 0 aliphatic heterocycles. The van der Waals surface area contributed by atoms with Crippen molar-refractivity contribution < 1.29 is 9.59 Å². The monoisotopic (exact) mass is 367 g/mol.